The predicted octanol–water partition coefficient (Wildman–Crippen LogP) is 5.24. The van der Waals surface area contributed by atoms with Crippen LogP contribution in [0.25, 0.3) is 0 Å². The molecule has 1 aromatic carbocycles. The van der Waals surface area contributed by atoms with E-state index in [0.717, 1.165) is 29.7 Å². The van der Waals surface area contributed by atoms with E-state index in [2.05, 4.69) is 25.2 Å². The molecule has 5 nitrogen and oxygen atoms in total. The van der Waals surface area contributed by atoms with Gasteiger partial charge in [-0.3, -0.25) is 4.79 Å². The van der Waals surface area contributed by atoms with E-state index >= 15 is 0 Å². The van der Waals surface area contributed by atoms with Crippen LogP contribution in [0.15, 0.2) is 18.2 Å². The van der Waals surface area contributed by atoms with Crippen molar-refractivity contribution in [3.63, 3.8) is 0 Å². The van der Waals surface area contributed by atoms with Gasteiger partial charge in [0.05, 0.1) is 0 Å². The first-order valence-electron chi connectivity index (χ1n) is 9.97. The zero-order valence-corrected chi connectivity index (χ0v) is 17.6. The molecule has 150 valence electrons. The summed E-state index contributed by atoms with van der Waals surface area (Å²) < 4.78 is 5.50. The first-order valence-corrected chi connectivity index (χ1v) is 9.97. The zero-order valence-electron chi connectivity index (χ0n) is 17.6. The van der Waals surface area contributed by atoms with Gasteiger partial charge in [-0.25, -0.2) is 4.79 Å². The summed E-state index contributed by atoms with van der Waals surface area (Å²) in [6, 6.07) is 6.18. The first-order chi connectivity index (χ1) is 12.6. The third-order valence-electron chi connectivity index (χ3n) is 4.90. The van der Waals surface area contributed by atoms with E-state index in [1.807, 2.05) is 39.8 Å². The van der Waals surface area contributed by atoms with Gasteiger partial charge in [0.2, 0.25) is 5.91 Å². The van der Waals surface area contributed by atoms with E-state index in [1.54, 1.807) is 4.90 Å². The van der Waals surface area contributed by atoms with Crippen LogP contribution in [0, 0.1) is 6.92 Å². The number of hydrogen-bond donors (Lipinski definition) is 1. The third-order valence-corrected chi connectivity index (χ3v) is 4.90. The lowest BCUT2D eigenvalue weighted by atomic mass is 9.98. The summed E-state index contributed by atoms with van der Waals surface area (Å²) in [5, 5.41) is 3.09. The van der Waals surface area contributed by atoms with Crippen LogP contribution in [0.2, 0.25) is 0 Å². The largest absolute Gasteiger partial charge is 0.444 e. The summed E-state index contributed by atoms with van der Waals surface area (Å²) in [5.74, 6) is 0.347. The van der Waals surface area contributed by atoms with Crippen molar-refractivity contribution in [1.82, 2.24) is 4.90 Å². The Balaban J connectivity index is 1.95. The highest BCUT2D eigenvalue weighted by atomic mass is 16.6. The molecule has 1 heterocycles. The molecule has 0 radical (unpaired) electrons. The van der Waals surface area contributed by atoms with Crippen molar-refractivity contribution in [2.24, 2.45) is 0 Å². The standard InChI is InChI=1S/C22H34N2O3/c1-15(2)18-11-7-9-16(3)20(18)23-19(25)13-12-17-10-8-14-24(17)21(26)27-22(4,5)6/h7,9,11,15,17H,8,10,12-14H2,1-6H3,(H,23,25)/t17-/m0/s1. The Hall–Kier alpha value is -2.04. The van der Waals surface area contributed by atoms with Gasteiger partial charge in [0.25, 0.3) is 0 Å². The Morgan fingerprint density at radius 3 is 2.63 bits per heavy atom. The fourth-order valence-electron chi connectivity index (χ4n) is 3.54. The van der Waals surface area contributed by atoms with Crippen molar-refractivity contribution in [2.75, 3.05) is 11.9 Å². The van der Waals surface area contributed by atoms with Crippen LogP contribution in [-0.4, -0.2) is 35.1 Å². The number of amides is 2. The van der Waals surface area contributed by atoms with Gasteiger partial charge in [0.1, 0.15) is 5.60 Å². The average molecular weight is 375 g/mol. The Bertz CT molecular complexity index is 677. The van der Waals surface area contributed by atoms with Gasteiger partial charge in [-0.05, 0) is 64.0 Å². The maximum Gasteiger partial charge on any atom is 0.410 e. The lowest BCUT2D eigenvalue weighted by Crippen LogP contribution is -2.40. The molecule has 1 aliphatic heterocycles. The van der Waals surface area contributed by atoms with E-state index < -0.39 is 5.60 Å². The lowest BCUT2D eigenvalue weighted by Gasteiger charge is -2.28. The molecule has 2 rings (SSSR count). The maximum absolute atomic E-state index is 12.6. The fraction of sp³-hybridized carbons (Fsp3) is 0.636. The second kappa shape index (κ2) is 8.77. The molecule has 1 N–H and O–H groups in total. The zero-order chi connectivity index (χ0) is 20.2. The molecule has 1 fully saturated rings. The molecule has 27 heavy (non-hydrogen) atoms. The van der Waals surface area contributed by atoms with Crippen LogP contribution in [0.4, 0.5) is 10.5 Å². The Labute approximate surface area is 163 Å². The minimum absolute atomic E-state index is 0.00207. The van der Waals surface area contributed by atoms with E-state index in [0.29, 0.717) is 25.3 Å². The number of carbonyl (C=O) groups excluding carboxylic acids is 2. The highest BCUT2D eigenvalue weighted by Crippen LogP contribution is 2.28. The monoisotopic (exact) mass is 374 g/mol. The van der Waals surface area contributed by atoms with Gasteiger partial charge in [-0.15, -0.1) is 0 Å². The van der Waals surface area contributed by atoms with Crippen LogP contribution < -0.4 is 5.32 Å². The summed E-state index contributed by atoms with van der Waals surface area (Å²) in [7, 11) is 0. The van der Waals surface area contributed by atoms with Crippen molar-refractivity contribution < 1.29 is 14.3 Å². The third kappa shape index (κ3) is 5.98. The van der Waals surface area contributed by atoms with Crippen molar-refractivity contribution in [3.05, 3.63) is 29.3 Å². The molecule has 0 unspecified atom stereocenters. The van der Waals surface area contributed by atoms with Crippen molar-refractivity contribution >= 4 is 17.7 Å². The summed E-state index contributed by atoms with van der Waals surface area (Å²) in [5.41, 5.74) is 2.65. The van der Waals surface area contributed by atoms with Gasteiger partial charge in [-0.2, -0.15) is 0 Å². The number of para-hydroxylation sites is 1. The van der Waals surface area contributed by atoms with Crippen molar-refractivity contribution in [1.29, 1.82) is 0 Å². The van der Waals surface area contributed by atoms with Gasteiger partial charge in [-0.1, -0.05) is 32.0 Å². The number of ether oxygens (including phenoxy) is 1. The summed E-state index contributed by atoms with van der Waals surface area (Å²) in [6.45, 7) is 12.6. The Morgan fingerprint density at radius 1 is 1.30 bits per heavy atom. The van der Waals surface area contributed by atoms with Gasteiger partial charge < -0.3 is 15.0 Å². The molecule has 5 heteroatoms. The predicted molar refractivity (Wildman–Crippen MR) is 109 cm³/mol. The van der Waals surface area contributed by atoms with E-state index in [9.17, 15) is 9.59 Å². The first kappa shape index (κ1) is 21.3. The van der Waals surface area contributed by atoms with Crippen LogP contribution in [-0.2, 0) is 9.53 Å². The molecule has 1 saturated heterocycles. The van der Waals surface area contributed by atoms with Crippen LogP contribution >= 0.6 is 0 Å². The lowest BCUT2D eigenvalue weighted by molar-refractivity contribution is -0.116. The molecule has 1 aliphatic rings. The van der Waals surface area contributed by atoms with E-state index in [4.69, 9.17) is 4.74 Å². The van der Waals surface area contributed by atoms with Crippen molar-refractivity contribution in [3.8, 4) is 0 Å². The maximum atomic E-state index is 12.6. The van der Waals surface area contributed by atoms with Gasteiger partial charge in [0, 0.05) is 24.7 Å². The summed E-state index contributed by atoms with van der Waals surface area (Å²) in [6.07, 6.45) is 2.67. The second-order valence-electron chi connectivity index (χ2n) is 8.75. The van der Waals surface area contributed by atoms with Gasteiger partial charge in [0.15, 0.2) is 0 Å². The highest BCUT2D eigenvalue weighted by Gasteiger charge is 2.32. The molecule has 2 amide bonds. The molecule has 0 bridgehead atoms. The molecule has 0 aliphatic carbocycles. The second-order valence-corrected chi connectivity index (χ2v) is 8.75. The highest BCUT2D eigenvalue weighted by molar-refractivity contribution is 5.92. The Morgan fingerprint density at radius 2 is 2.00 bits per heavy atom. The fourth-order valence-corrected chi connectivity index (χ4v) is 3.54. The Kier molecular flexibility index (Phi) is 6.90. The SMILES string of the molecule is Cc1cccc(C(C)C)c1NC(=O)CC[C@@H]1CCCN1C(=O)OC(C)(C)C. The molecular weight excluding hydrogens is 340 g/mol. The molecular formula is C22H34N2O3. The molecule has 0 spiro atoms. The topological polar surface area (TPSA) is 58.6 Å². The number of nitrogens with one attached hydrogen (secondary N) is 1. The van der Waals surface area contributed by atoms with Crippen LogP contribution in [0.5, 0.6) is 0 Å². The number of benzene rings is 1. The van der Waals surface area contributed by atoms with Crippen molar-refractivity contribution in [2.45, 2.75) is 84.8 Å². The number of carbonyl (C=O) groups is 2. The molecule has 0 saturated carbocycles. The van der Waals surface area contributed by atoms with Crippen LogP contribution in [0.1, 0.15) is 77.3 Å². The normalized spacial score (nSPS) is 17.3. The number of anilines is 1. The number of likely N-dealkylation sites (tertiary alicyclic amines) is 1. The quantitative estimate of drug-likeness (QED) is 0.767. The molecule has 1 atom stereocenters. The number of hydrogen-bond acceptors (Lipinski definition) is 3. The average Bonchev–Trinajstić information content (AvgIpc) is 3.01. The molecule has 1 aromatic rings. The van der Waals surface area contributed by atoms with Crippen LogP contribution in [0.3, 0.4) is 0 Å². The smallest absolute Gasteiger partial charge is 0.410 e. The van der Waals surface area contributed by atoms with Gasteiger partial charge >= 0.3 is 6.09 Å². The van der Waals surface area contributed by atoms with E-state index in [1.165, 1.54) is 0 Å². The summed E-state index contributed by atoms with van der Waals surface area (Å²) in [4.78, 5) is 26.7. The number of aryl methyl sites for hydroxylation is 1. The number of nitrogens with zero attached hydrogens (tertiary/aromatic N) is 1. The number of rotatable bonds is 5. The van der Waals surface area contributed by atoms with E-state index in [-0.39, 0.29) is 18.0 Å². The summed E-state index contributed by atoms with van der Waals surface area (Å²) >= 11 is 0. The minimum Gasteiger partial charge on any atom is -0.444 e. The minimum atomic E-state index is -0.500. The molecule has 0 aromatic heterocycles.